The molecule has 0 aliphatic rings. The number of benzene rings is 2. The molecule has 0 atom stereocenters. The van der Waals surface area contributed by atoms with E-state index in [9.17, 15) is 4.39 Å². The average molecular weight is 244 g/mol. The van der Waals surface area contributed by atoms with Crippen LogP contribution >= 0.6 is 0 Å². The van der Waals surface area contributed by atoms with Gasteiger partial charge in [-0.15, -0.1) is 0 Å². The molecular formula is C15H17FN2. The standard InChI is InChI=1S/C15H17FN2/c1-10(2)9-18-15(17)13-7-8-14(16)12-6-4-3-5-11(12)13/h3-8,10H,9H2,1-2H3,(H2,17,18). The zero-order chi connectivity index (χ0) is 13.1. The topological polar surface area (TPSA) is 38.4 Å². The molecule has 0 saturated carbocycles. The van der Waals surface area contributed by atoms with Crippen LogP contribution in [0.2, 0.25) is 0 Å². The molecule has 0 aliphatic carbocycles. The van der Waals surface area contributed by atoms with Gasteiger partial charge in [-0.1, -0.05) is 38.1 Å². The van der Waals surface area contributed by atoms with Crippen molar-refractivity contribution in [2.45, 2.75) is 13.8 Å². The summed E-state index contributed by atoms with van der Waals surface area (Å²) in [6.07, 6.45) is 0. The number of halogens is 1. The van der Waals surface area contributed by atoms with E-state index in [2.05, 4.69) is 18.8 Å². The molecule has 2 aromatic rings. The van der Waals surface area contributed by atoms with Crippen LogP contribution in [0.5, 0.6) is 0 Å². The Morgan fingerprint density at radius 3 is 2.50 bits per heavy atom. The van der Waals surface area contributed by atoms with E-state index < -0.39 is 0 Å². The number of nitrogens with zero attached hydrogens (tertiary/aromatic N) is 1. The van der Waals surface area contributed by atoms with Gasteiger partial charge in [0.2, 0.25) is 0 Å². The second-order valence-corrected chi connectivity index (χ2v) is 4.76. The molecule has 0 amide bonds. The summed E-state index contributed by atoms with van der Waals surface area (Å²) in [5.74, 6) is 0.696. The van der Waals surface area contributed by atoms with E-state index in [1.54, 1.807) is 12.1 Å². The summed E-state index contributed by atoms with van der Waals surface area (Å²) in [5, 5.41) is 1.39. The van der Waals surface area contributed by atoms with Crippen LogP contribution < -0.4 is 5.73 Å². The molecule has 0 spiro atoms. The highest BCUT2D eigenvalue weighted by atomic mass is 19.1. The molecule has 2 nitrogen and oxygen atoms in total. The summed E-state index contributed by atoms with van der Waals surface area (Å²) < 4.78 is 13.7. The van der Waals surface area contributed by atoms with E-state index in [0.29, 0.717) is 23.7 Å². The van der Waals surface area contributed by atoms with Crippen molar-refractivity contribution in [2.24, 2.45) is 16.6 Å². The van der Waals surface area contributed by atoms with Crippen molar-refractivity contribution in [3.63, 3.8) is 0 Å². The van der Waals surface area contributed by atoms with Gasteiger partial charge in [-0.3, -0.25) is 4.99 Å². The Kier molecular flexibility index (Phi) is 3.60. The predicted molar refractivity (Wildman–Crippen MR) is 74.3 cm³/mol. The summed E-state index contributed by atoms with van der Waals surface area (Å²) in [6, 6.07) is 10.4. The summed E-state index contributed by atoms with van der Waals surface area (Å²) in [5.41, 5.74) is 6.79. The van der Waals surface area contributed by atoms with Gasteiger partial charge >= 0.3 is 0 Å². The van der Waals surface area contributed by atoms with Crippen LogP contribution in [0.4, 0.5) is 4.39 Å². The first-order valence-electron chi connectivity index (χ1n) is 6.07. The Labute approximate surface area is 106 Å². The second kappa shape index (κ2) is 5.17. The number of hydrogen-bond donors (Lipinski definition) is 1. The Hall–Kier alpha value is -1.90. The molecule has 2 rings (SSSR count). The maximum Gasteiger partial charge on any atom is 0.131 e. The molecule has 18 heavy (non-hydrogen) atoms. The zero-order valence-corrected chi connectivity index (χ0v) is 10.7. The SMILES string of the molecule is CC(C)CN=C(N)c1ccc(F)c2ccccc12. The van der Waals surface area contributed by atoms with Crippen LogP contribution in [0.15, 0.2) is 41.4 Å². The van der Waals surface area contributed by atoms with Crippen LogP contribution in [0.1, 0.15) is 19.4 Å². The number of fused-ring (bicyclic) bond motifs is 1. The van der Waals surface area contributed by atoms with Crippen molar-refractivity contribution in [2.75, 3.05) is 6.54 Å². The first kappa shape index (κ1) is 12.6. The van der Waals surface area contributed by atoms with Crippen LogP contribution in [-0.4, -0.2) is 12.4 Å². The van der Waals surface area contributed by atoms with Gasteiger partial charge in [-0.05, 0) is 23.4 Å². The highest BCUT2D eigenvalue weighted by Crippen LogP contribution is 2.21. The Morgan fingerprint density at radius 1 is 1.17 bits per heavy atom. The third-order valence-electron chi connectivity index (χ3n) is 2.77. The summed E-state index contributed by atoms with van der Waals surface area (Å²) >= 11 is 0. The maximum atomic E-state index is 13.7. The molecule has 0 fully saturated rings. The molecule has 0 unspecified atom stereocenters. The van der Waals surface area contributed by atoms with Crippen molar-refractivity contribution < 1.29 is 4.39 Å². The lowest BCUT2D eigenvalue weighted by molar-refractivity contribution is 0.640. The minimum atomic E-state index is -0.231. The van der Waals surface area contributed by atoms with Crippen molar-refractivity contribution >= 4 is 16.6 Å². The van der Waals surface area contributed by atoms with Gasteiger partial charge in [-0.2, -0.15) is 0 Å². The zero-order valence-electron chi connectivity index (χ0n) is 10.7. The number of aliphatic imine (C=N–C) groups is 1. The van der Waals surface area contributed by atoms with Crippen molar-refractivity contribution in [1.82, 2.24) is 0 Å². The van der Waals surface area contributed by atoms with Gasteiger partial charge in [0.25, 0.3) is 0 Å². The van der Waals surface area contributed by atoms with E-state index >= 15 is 0 Å². The minimum absolute atomic E-state index is 0.231. The fourth-order valence-electron chi connectivity index (χ4n) is 1.85. The molecule has 2 N–H and O–H groups in total. The fraction of sp³-hybridized carbons (Fsp3) is 0.267. The van der Waals surface area contributed by atoms with E-state index in [1.165, 1.54) is 6.07 Å². The Bertz CT molecular complexity index is 588. The molecule has 94 valence electrons. The molecule has 0 radical (unpaired) electrons. The molecular weight excluding hydrogens is 227 g/mol. The first-order chi connectivity index (χ1) is 8.59. The smallest absolute Gasteiger partial charge is 0.131 e. The number of amidine groups is 1. The quantitative estimate of drug-likeness (QED) is 0.652. The van der Waals surface area contributed by atoms with Crippen LogP contribution in [0.3, 0.4) is 0 Å². The van der Waals surface area contributed by atoms with E-state index in [-0.39, 0.29) is 5.82 Å². The minimum Gasteiger partial charge on any atom is -0.383 e. The van der Waals surface area contributed by atoms with E-state index in [0.717, 1.165) is 10.9 Å². The molecule has 0 aromatic heterocycles. The summed E-state index contributed by atoms with van der Waals surface area (Å²) in [6.45, 7) is 4.84. The molecule has 0 saturated heterocycles. The summed E-state index contributed by atoms with van der Waals surface area (Å²) in [7, 11) is 0. The largest absolute Gasteiger partial charge is 0.383 e. The normalized spacial score (nSPS) is 12.3. The van der Waals surface area contributed by atoms with Crippen molar-refractivity contribution in [1.29, 1.82) is 0 Å². The molecule has 2 aromatic carbocycles. The van der Waals surface area contributed by atoms with Gasteiger partial charge in [0, 0.05) is 17.5 Å². The molecule has 0 bridgehead atoms. The third-order valence-corrected chi connectivity index (χ3v) is 2.77. The Balaban J connectivity index is 2.52. The van der Waals surface area contributed by atoms with Gasteiger partial charge in [-0.25, -0.2) is 4.39 Å². The highest BCUT2D eigenvalue weighted by Gasteiger charge is 2.08. The monoisotopic (exact) mass is 244 g/mol. The fourth-order valence-corrected chi connectivity index (χ4v) is 1.85. The molecule has 0 aliphatic heterocycles. The Morgan fingerprint density at radius 2 is 1.83 bits per heavy atom. The molecule has 0 heterocycles. The van der Waals surface area contributed by atoms with E-state index in [1.807, 2.05) is 18.2 Å². The first-order valence-corrected chi connectivity index (χ1v) is 6.07. The number of rotatable bonds is 3. The van der Waals surface area contributed by atoms with Gasteiger partial charge in [0.05, 0.1) is 0 Å². The van der Waals surface area contributed by atoms with Gasteiger partial charge in [0.1, 0.15) is 11.7 Å². The van der Waals surface area contributed by atoms with Crippen molar-refractivity contribution in [3.8, 4) is 0 Å². The average Bonchev–Trinajstić information content (AvgIpc) is 2.37. The lowest BCUT2D eigenvalue weighted by atomic mass is 10.0. The van der Waals surface area contributed by atoms with Gasteiger partial charge in [0.15, 0.2) is 0 Å². The lowest BCUT2D eigenvalue weighted by Gasteiger charge is -2.08. The maximum absolute atomic E-state index is 13.7. The van der Waals surface area contributed by atoms with Crippen LogP contribution in [0.25, 0.3) is 10.8 Å². The van der Waals surface area contributed by atoms with Crippen LogP contribution in [0, 0.1) is 11.7 Å². The van der Waals surface area contributed by atoms with E-state index in [4.69, 9.17) is 5.73 Å². The second-order valence-electron chi connectivity index (χ2n) is 4.76. The highest BCUT2D eigenvalue weighted by molar-refractivity contribution is 6.09. The predicted octanol–water partition coefficient (Wildman–Crippen LogP) is 3.34. The molecule has 3 heteroatoms. The number of hydrogen-bond acceptors (Lipinski definition) is 1. The third kappa shape index (κ3) is 2.50. The van der Waals surface area contributed by atoms with Crippen LogP contribution in [-0.2, 0) is 0 Å². The lowest BCUT2D eigenvalue weighted by Crippen LogP contribution is -2.15. The number of nitrogens with two attached hydrogens (primary N) is 1. The summed E-state index contributed by atoms with van der Waals surface area (Å²) in [4.78, 5) is 4.35. The van der Waals surface area contributed by atoms with Crippen molar-refractivity contribution in [3.05, 3.63) is 47.8 Å². The van der Waals surface area contributed by atoms with Gasteiger partial charge < -0.3 is 5.73 Å².